The van der Waals surface area contributed by atoms with E-state index >= 15 is 0 Å². The number of rotatable bonds is 25. The van der Waals surface area contributed by atoms with E-state index in [1.54, 1.807) is 0 Å². The minimum absolute atomic E-state index is 0.0182. The summed E-state index contributed by atoms with van der Waals surface area (Å²) < 4.78 is 27.4. The average Bonchev–Trinajstić information content (AvgIpc) is 2.75. The molecule has 0 heterocycles. The van der Waals surface area contributed by atoms with Gasteiger partial charge in [-0.3, -0.25) is 13.8 Å². The van der Waals surface area contributed by atoms with Crippen LogP contribution < -0.4 is 0 Å². The van der Waals surface area contributed by atoms with Crippen molar-refractivity contribution in [3.63, 3.8) is 0 Å². The van der Waals surface area contributed by atoms with Crippen molar-refractivity contribution in [2.75, 3.05) is 47.5 Å². The number of likely N-dealkylation sites (N-methyl/N-ethyl adjacent to an activating group) is 1. The van der Waals surface area contributed by atoms with Crippen LogP contribution in [0.15, 0.2) is 0 Å². The Balaban J connectivity index is 3.39. The van der Waals surface area contributed by atoms with Crippen molar-refractivity contribution in [3.05, 3.63) is 0 Å². The van der Waals surface area contributed by atoms with Crippen LogP contribution in [0.4, 0.5) is 0 Å². The summed E-state index contributed by atoms with van der Waals surface area (Å²) >= 11 is 0. The number of hydrogen-bond donors (Lipinski definition) is 1. The number of quaternary nitrogens is 1. The van der Waals surface area contributed by atoms with Gasteiger partial charge in [0.1, 0.15) is 13.2 Å². The first-order valence-corrected chi connectivity index (χ1v) is 15.2. The molecule has 1 unspecified atom stereocenters. The van der Waals surface area contributed by atoms with E-state index < -0.39 is 7.82 Å². The molecule has 0 rings (SSSR count). The zero-order valence-electron chi connectivity index (χ0n) is 22.7. The van der Waals surface area contributed by atoms with Gasteiger partial charge in [0.15, 0.2) is 0 Å². The van der Waals surface area contributed by atoms with Crippen LogP contribution in [0.2, 0.25) is 0 Å². The highest BCUT2D eigenvalue weighted by molar-refractivity contribution is 7.47. The third-order valence-corrected chi connectivity index (χ3v) is 6.82. The fourth-order valence-corrected chi connectivity index (χ4v) is 4.35. The molecule has 0 saturated carbocycles. The molecule has 0 aliphatic rings. The van der Waals surface area contributed by atoms with Gasteiger partial charge in [0.05, 0.1) is 34.4 Å². The van der Waals surface area contributed by atoms with Gasteiger partial charge >= 0.3 is 13.8 Å². The van der Waals surface area contributed by atoms with Crippen molar-refractivity contribution in [1.82, 2.24) is 0 Å². The Morgan fingerprint density at radius 3 is 1.59 bits per heavy atom. The highest BCUT2D eigenvalue weighted by atomic mass is 31.2. The number of carbonyl (C=O) groups excluding carboxylic acids is 1. The summed E-state index contributed by atoms with van der Waals surface area (Å²) in [5, 5.41) is 0. The van der Waals surface area contributed by atoms with Gasteiger partial charge in [-0.25, -0.2) is 4.57 Å². The molecule has 0 aromatic rings. The summed E-state index contributed by atoms with van der Waals surface area (Å²) in [5.41, 5.74) is 0. The Labute approximate surface area is 210 Å². The molecule has 0 amide bonds. The van der Waals surface area contributed by atoms with E-state index in [-0.39, 0.29) is 25.8 Å². The van der Waals surface area contributed by atoms with Crippen molar-refractivity contribution in [3.8, 4) is 0 Å². The Bertz CT molecular complexity index is 524. The number of esters is 1. The molecular formula is C26H55NO6P+. The molecule has 7 nitrogen and oxygen atoms in total. The monoisotopic (exact) mass is 508 g/mol. The van der Waals surface area contributed by atoms with Gasteiger partial charge in [-0.05, 0) is 6.42 Å². The van der Waals surface area contributed by atoms with E-state index in [1.807, 2.05) is 21.1 Å². The summed E-state index contributed by atoms with van der Waals surface area (Å²) in [6.07, 6.45) is 20.3. The Hall–Kier alpha value is -0.460. The summed E-state index contributed by atoms with van der Waals surface area (Å²) in [6.45, 7) is 3.22. The van der Waals surface area contributed by atoms with Crippen molar-refractivity contribution < 1.29 is 32.5 Å². The molecule has 0 spiro atoms. The molecule has 0 aromatic heterocycles. The number of ether oxygens (including phenoxy) is 1. The molecule has 204 valence electrons. The van der Waals surface area contributed by atoms with E-state index in [0.717, 1.165) is 12.8 Å². The molecule has 0 saturated heterocycles. The molecule has 0 aliphatic carbocycles. The van der Waals surface area contributed by atoms with Gasteiger partial charge in [-0.15, -0.1) is 0 Å². The number of nitrogens with zero attached hydrogens (tertiary/aromatic N) is 1. The maximum Gasteiger partial charge on any atom is 0.472 e. The normalized spacial score (nSPS) is 13.7. The molecule has 0 aliphatic heterocycles. The van der Waals surface area contributed by atoms with Crippen molar-refractivity contribution in [2.45, 2.75) is 116 Å². The predicted molar refractivity (Wildman–Crippen MR) is 140 cm³/mol. The largest absolute Gasteiger partial charge is 0.472 e. The highest BCUT2D eigenvalue weighted by Crippen LogP contribution is 2.43. The van der Waals surface area contributed by atoms with E-state index in [4.69, 9.17) is 13.8 Å². The number of phosphoric acid groups is 1. The van der Waals surface area contributed by atoms with E-state index in [1.165, 1.54) is 83.5 Å². The lowest BCUT2D eigenvalue weighted by Gasteiger charge is -2.24. The zero-order chi connectivity index (χ0) is 25.5. The molecule has 0 aromatic carbocycles. The third-order valence-electron chi connectivity index (χ3n) is 5.81. The summed E-state index contributed by atoms with van der Waals surface area (Å²) in [4.78, 5) is 21.4. The van der Waals surface area contributed by atoms with E-state index in [9.17, 15) is 14.3 Å². The molecular weight excluding hydrogens is 453 g/mol. The third kappa shape index (κ3) is 26.2. The second kappa shape index (κ2) is 21.8. The lowest BCUT2D eigenvalue weighted by atomic mass is 10.0. The minimum Gasteiger partial charge on any atom is -0.466 e. The van der Waals surface area contributed by atoms with E-state index in [0.29, 0.717) is 23.9 Å². The second-order valence-corrected chi connectivity index (χ2v) is 11.9. The Morgan fingerprint density at radius 2 is 1.12 bits per heavy atom. The molecule has 0 bridgehead atoms. The number of unbranched alkanes of at least 4 members (excludes halogenated alkanes) is 14. The Kier molecular flexibility index (Phi) is 21.5. The standard InChI is InChI=1S/C26H54NO6P/c1-5-6-7-8-9-10-11-12-13-14-15-16-17-18-19-21-26(28)31-23-20-24-32-34(29,30)33-25-22-27(2,3)4/h5-25H2,1-4H3/p+1. The van der Waals surface area contributed by atoms with Crippen molar-refractivity contribution in [1.29, 1.82) is 0 Å². The smallest absolute Gasteiger partial charge is 0.466 e. The van der Waals surface area contributed by atoms with Gasteiger partial charge in [0, 0.05) is 12.8 Å². The highest BCUT2D eigenvalue weighted by Gasteiger charge is 2.22. The molecule has 8 heteroatoms. The summed E-state index contributed by atoms with van der Waals surface area (Å²) in [6, 6.07) is 0. The molecule has 0 radical (unpaired) electrons. The molecule has 1 atom stereocenters. The second-order valence-electron chi connectivity index (χ2n) is 10.4. The maximum atomic E-state index is 11.8. The number of carbonyl (C=O) groups is 1. The first-order valence-electron chi connectivity index (χ1n) is 13.7. The van der Waals surface area contributed by atoms with Gasteiger partial charge in [-0.2, -0.15) is 0 Å². The van der Waals surface area contributed by atoms with Crippen LogP contribution in [0.25, 0.3) is 0 Å². The van der Waals surface area contributed by atoms with Crippen LogP contribution in [0.5, 0.6) is 0 Å². The molecule has 34 heavy (non-hydrogen) atoms. The van der Waals surface area contributed by atoms with Crippen LogP contribution in [0.1, 0.15) is 116 Å². The average molecular weight is 509 g/mol. The quantitative estimate of drug-likeness (QED) is 0.0617. The maximum absolute atomic E-state index is 11.8. The Morgan fingerprint density at radius 1 is 0.676 bits per heavy atom. The first kappa shape index (κ1) is 33.5. The lowest BCUT2D eigenvalue weighted by molar-refractivity contribution is -0.870. The topological polar surface area (TPSA) is 82.1 Å². The summed E-state index contributed by atoms with van der Waals surface area (Å²) in [7, 11) is 1.88. The SMILES string of the molecule is CCCCCCCCCCCCCCCCCC(=O)OCCCOP(=O)(O)OCC[N+](C)(C)C. The number of hydrogen-bond acceptors (Lipinski definition) is 5. The van der Waals surface area contributed by atoms with Crippen LogP contribution in [0, 0.1) is 0 Å². The van der Waals surface area contributed by atoms with Gasteiger partial charge < -0.3 is 14.1 Å². The van der Waals surface area contributed by atoms with Crippen LogP contribution >= 0.6 is 7.82 Å². The predicted octanol–water partition coefficient (Wildman–Crippen LogP) is 7.02. The molecule has 1 N–H and O–H groups in total. The zero-order valence-corrected chi connectivity index (χ0v) is 23.6. The van der Waals surface area contributed by atoms with Crippen LogP contribution in [-0.4, -0.2) is 62.9 Å². The van der Waals surface area contributed by atoms with Gasteiger partial charge in [-0.1, -0.05) is 96.8 Å². The van der Waals surface area contributed by atoms with Gasteiger partial charge in [0.25, 0.3) is 0 Å². The van der Waals surface area contributed by atoms with Crippen LogP contribution in [0.3, 0.4) is 0 Å². The lowest BCUT2D eigenvalue weighted by Crippen LogP contribution is -2.37. The minimum atomic E-state index is -4.04. The van der Waals surface area contributed by atoms with Crippen LogP contribution in [-0.2, 0) is 23.1 Å². The first-order chi connectivity index (χ1) is 16.2. The van der Waals surface area contributed by atoms with Gasteiger partial charge in [0.2, 0.25) is 0 Å². The van der Waals surface area contributed by atoms with E-state index in [2.05, 4.69) is 6.92 Å². The number of phosphoric ester groups is 1. The van der Waals surface area contributed by atoms with Crippen molar-refractivity contribution in [2.24, 2.45) is 0 Å². The van der Waals surface area contributed by atoms with Crippen molar-refractivity contribution >= 4 is 13.8 Å². The summed E-state index contributed by atoms with van der Waals surface area (Å²) in [5.74, 6) is -0.207. The fraction of sp³-hybridized carbons (Fsp3) is 0.962. The molecule has 0 fully saturated rings. The fourth-order valence-electron chi connectivity index (χ4n) is 3.60.